The molecule has 4 heteroatoms. The lowest BCUT2D eigenvalue weighted by atomic mass is 10.1. The summed E-state index contributed by atoms with van der Waals surface area (Å²) in [5.41, 5.74) is 1.41. The van der Waals surface area contributed by atoms with Crippen LogP contribution in [-0.2, 0) is 6.61 Å². The minimum atomic E-state index is -0.00895. The summed E-state index contributed by atoms with van der Waals surface area (Å²) >= 11 is 0. The van der Waals surface area contributed by atoms with E-state index in [1.165, 1.54) is 6.92 Å². The van der Waals surface area contributed by atoms with Gasteiger partial charge in [0.2, 0.25) is 0 Å². The highest BCUT2D eigenvalue weighted by Crippen LogP contribution is 2.28. The zero-order valence-corrected chi connectivity index (χ0v) is 10.9. The molecule has 1 aromatic carbocycles. The molecule has 0 unspecified atom stereocenters. The molecule has 0 bridgehead atoms. The maximum atomic E-state index is 11.4. The average molecular weight is 257 g/mol. The Morgan fingerprint density at radius 2 is 2.05 bits per heavy atom. The highest BCUT2D eigenvalue weighted by Gasteiger charge is 2.08. The lowest BCUT2D eigenvalue weighted by Gasteiger charge is -2.11. The van der Waals surface area contributed by atoms with Gasteiger partial charge in [-0.05, 0) is 37.3 Å². The molecule has 0 radical (unpaired) electrons. The number of carbonyl (C=O) groups excluding carboxylic acids is 1. The number of carbonyl (C=O) groups is 1. The van der Waals surface area contributed by atoms with Gasteiger partial charge in [-0.15, -0.1) is 0 Å². The van der Waals surface area contributed by atoms with Gasteiger partial charge in [0.1, 0.15) is 6.61 Å². The lowest BCUT2D eigenvalue weighted by molar-refractivity contribution is 0.101. The standard InChI is InChI=1S/C15H15NO3/c1-11(17)12-6-7-14(18-2)15(9-12)19-10-13-5-3-4-8-16-13/h3-9H,10H2,1-2H3. The van der Waals surface area contributed by atoms with Gasteiger partial charge in [0.25, 0.3) is 0 Å². The summed E-state index contributed by atoms with van der Waals surface area (Å²) in [6, 6.07) is 10.8. The van der Waals surface area contributed by atoms with E-state index in [4.69, 9.17) is 9.47 Å². The maximum Gasteiger partial charge on any atom is 0.162 e. The first-order valence-electron chi connectivity index (χ1n) is 5.92. The normalized spacial score (nSPS) is 10.0. The second-order valence-corrected chi connectivity index (χ2v) is 4.03. The monoisotopic (exact) mass is 257 g/mol. The van der Waals surface area contributed by atoms with Gasteiger partial charge in [0.15, 0.2) is 17.3 Å². The molecule has 4 nitrogen and oxygen atoms in total. The molecule has 0 N–H and O–H groups in total. The molecule has 0 saturated carbocycles. The van der Waals surface area contributed by atoms with Crippen LogP contribution in [0, 0.1) is 0 Å². The number of aromatic nitrogens is 1. The highest BCUT2D eigenvalue weighted by atomic mass is 16.5. The first-order valence-corrected chi connectivity index (χ1v) is 5.92. The first-order chi connectivity index (χ1) is 9.20. The predicted octanol–water partition coefficient (Wildman–Crippen LogP) is 2.87. The third-order valence-electron chi connectivity index (χ3n) is 2.67. The van der Waals surface area contributed by atoms with Crippen molar-refractivity contribution in [2.24, 2.45) is 0 Å². The van der Waals surface area contributed by atoms with Gasteiger partial charge < -0.3 is 9.47 Å². The van der Waals surface area contributed by atoms with E-state index in [1.807, 2.05) is 18.2 Å². The minimum Gasteiger partial charge on any atom is -0.493 e. The SMILES string of the molecule is COc1ccc(C(C)=O)cc1OCc1ccccn1. The van der Waals surface area contributed by atoms with E-state index in [-0.39, 0.29) is 5.78 Å². The Morgan fingerprint density at radius 3 is 2.68 bits per heavy atom. The van der Waals surface area contributed by atoms with E-state index in [1.54, 1.807) is 31.5 Å². The van der Waals surface area contributed by atoms with Crippen LogP contribution in [0.25, 0.3) is 0 Å². The molecule has 0 fully saturated rings. The summed E-state index contributed by atoms with van der Waals surface area (Å²) < 4.78 is 10.9. The Kier molecular flexibility index (Phi) is 4.13. The molecule has 98 valence electrons. The number of hydrogen-bond acceptors (Lipinski definition) is 4. The van der Waals surface area contributed by atoms with E-state index >= 15 is 0 Å². The molecule has 2 rings (SSSR count). The van der Waals surface area contributed by atoms with Gasteiger partial charge in [-0.1, -0.05) is 6.07 Å². The van der Waals surface area contributed by atoms with Gasteiger partial charge in [-0.2, -0.15) is 0 Å². The third-order valence-corrected chi connectivity index (χ3v) is 2.67. The van der Waals surface area contributed by atoms with Crippen LogP contribution >= 0.6 is 0 Å². The molecule has 2 aromatic rings. The molecule has 0 aliphatic carbocycles. The summed E-state index contributed by atoms with van der Waals surface area (Å²) in [5, 5.41) is 0. The Morgan fingerprint density at radius 1 is 1.21 bits per heavy atom. The number of hydrogen-bond donors (Lipinski definition) is 0. The van der Waals surface area contributed by atoms with Gasteiger partial charge in [-0.25, -0.2) is 0 Å². The number of pyridine rings is 1. The third kappa shape index (κ3) is 3.31. The van der Waals surface area contributed by atoms with E-state index in [0.717, 1.165) is 5.69 Å². The van der Waals surface area contributed by atoms with Crippen molar-refractivity contribution in [1.82, 2.24) is 4.98 Å². The minimum absolute atomic E-state index is 0.00895. The van der Waals surface area contributed by atoms with Crippen molar-refractivity contribution in [1.29, 1.82) is 0 Å². The summed E-state index contributed by atoms with van der Waals surface area (Å²) in [6.07, 6.45) is 1.71. The second kappa shape index (κ2) is 6.00. The Labute approximate surface area is 112 Å². The van der Waals surface area contributed by atoms with Crippen LogP contribution in [0.2, 0.25) is 0 Å². The summed E-state index contributed by atoms with van der Waals surface area (Å²) in [4.78, 5) is 15.5. The smallest absolute Gasteiger partial charge is 0.162 e. The Hall–Kier alpha value is -2.36. The number of rotatable bonds is 5. The van der Waals surface area contributed by atoms with E-state index in [0.29, 0.717) is 23.7 Å². The Balaban J connectivity index is 2.18. The molecule has 0 aliphatic rings. The van der Waals surface area contributed by atoms with Crippen molar-refractivity contribution in [3.05, 3.63) is 53.9 Å². The largest absolute Gasteiger partial charge is 0.493 e. The number of Topliss-reactive ketones (excluding diaryl/α,β-unsaturated/α-hetero) is 1. The molecule has 0 saturated heterocycles. The van der Waals surface area contributed by atoms with Crippen molar-refractivity contribution < 1.29 is 14.3 Å². The molecule has 0 spiro atoms. The zero-order valence-electron chi connectivity index (χ0n) is 10.9. The number of nitrogens with zero attached hydrogens (tertiary/aromatic N) is 1. The molecule has 0 amide bonds. The Bertz CT molecular complexity index is 567. The molecule has 19 heavy (non-hydrogen) atoms. The van der Waals surface area contributed by atoms with E-state index in [9.17, 15) is 4.79 Å². The summed E-state index contributed by atoms with van der Waals surface area (Å²) in [7, 11) is 1.57. The maximum absolute atomic E-state index is 11.4. The number of ketones is 1. The number of methoxy groups -OCH3 is 1. The quantitative estimate of drug-likeness (QED) is 0.773. The summed E-state index contributed by atoms with van der Waals surface area (Å²) in [6.45, 7) is 1.85. The van der Waals surface area contributed by atoms with Crippen LogP contribution in [0.1, 0.15) is 23.0 Å². The van der Waals surface area contributed by atoms with Crippen LogP contribution in [-0.4, -0.2) is 17.9 Å². The fourth-order valence-electron chi connectivity index (χ4n) is 1.64. The topological polar surface area (TPSA) is 48.4 Å². The van der Waals surface area contributed by atoms with Gasteiger partial charge in [-0.3, -0.25) is 9.78 Å². The fraction of sp³-hybridized carbons (Fsp3) is 0.200. The van der Waals surface area contributed by atoms with Crippen molar-refractivity contribution in [3.63, 3.8) is 0 Å². The van der Waals surface area contributed by atoms with Crippen molar-refractivity contribution >= 4 is 5.78 Å². The van der Waals surface area contributed by atoms with Gasteiger partial charge in [0, 0.05) is 11.8 Å². The van der Waals surface area contributed by atoms with Gasteiger partial charge >= 0.3 is 0 Å². The number of ether oxygens (including phenoxy) is 2. The predicted molar refractivity (Wildman–Crippen MR) is 71.6 cm³/mol. The average Bonchev–Trinajstić information content (AvgIpc) is 2.45. The van der Waals surface area contributed by atoms with Crippen molar-refractivity contribution in [2.75, 3.05) is 7.11 Å². The lowest BCUT2D eigenvalue weighted by Crippen LogP contribution is -2.01. The zero-order chi connectivity index (χ0) is 13.7. The van der Waals surface area contributed by atoms with Crippen LogP contribution in [0.5, 0.6) is 11.5 Å². The first kappa shape index (κ1) is 13.1. The van der Waals surface area contributed by atoms with Crippen LogP contribution < -0.4 is 9.47 Å². The van der Waals surface area contributed by atoms with Crippen LogP contribution in [0.15, 0.2) is 42.6 Å². The molecule has 0 atom stereocenters. The van der Waals surface area contributed by atoms with Crippen LogP contribution in [0.3, 0.4) is 0 Å². The van der Waals surface area contributed by atoms with Crippen LogP contribution in [0.4, 0.5) is 0 Å². The van der Waals surface area contributed by atoms with Crippen molar-refractivity contribution in [2.45, 2.75) is 13.5 Å². The van der Waals surface area contributed by atoms with Crippen molar-refractivity contribution in [3.8, 4) is 11.5 Å². The van der Waals surface area contributed by atoms with E-state index < -0.39 is 0 Å². The molecule has 1 aromatic heterocycles. The molecule has 0 aliphatic heterocycles. The fourth-order valence-corrected chi connectivity index (χ4v) is 1.64. The molecule has 1 heterocycles. The molecular weight excluding hydrogens is 242 g/mol. The number of benzene rings is 1. The van der Waals surface area contributed by atoms with E-state index in [2.05, 4.69) is 4.98 Å². The summed E-state index contributed by atoms with van der Waals surface area (Å²) in [5.74, 6) is 1.13. The second-order valence-electron chi connectivity index (χ2n) is 4.03. The molecular formula is C15H15NO3. The highest BCUT2D eigenvalue weighted by molar-refractivity contribution is 5.94. The van der Waals surface area contributed by atoms with Gasteiger partial charge in [0.05, 0.1) is 12.8 Å².